The Morgan fingerprint density at radius 3 is 1.67 bits per heavy atom. The molecule has 0 saturated carbocycles. The van der Waals surface area contributed by atoms with Crippen LogP contribution in [0.4, 0.5) is 0 Å². The van der Waals surface area contributed by atoms with E-state index in [2.05, 4.69) is 0 Å². The Labute approximate surface area is 110 Å². The van der Waals surface area contributed by atoms with Crippen molar-refractivity contribution in [2.45, 2.75) is 19.4 Å². The molecule has 112 valence electrons. The van der Waals surface area contributed by atoms with E-state index in [9.17, 15) is 0 Å². The lowest BCUT2D eigenvalue weighted by molar-refractivity contribution is -0.0289. The Morgan fingerprint density at radius 2 is 1.33 bits per heavy atom. The number of aliphatic hydroxyl groups excluding tert-OH is 1. The molecule has 0 heterocycles. The van der Waals surface area contributed by atoms with Gasteiger partial charge in [-0.05, 0) is 13.8 Å². The van der Waals surface area contributed by atoms with Crippen molar-refractivity contribution in [3.63, 3.8) is 0 Å². The summed E-state index contributed by atoms with van der Waals surface area (Å²) in [4.78, 5) is 0. The van der Waals surface area contributed by atoms with Gasteiger partial charge in [-0.1, -0.05) is 0 Å². The summed E-state index contributed by atoms with van der Waals surface area (Å²) in [6, 6.07) is 0. The van der Waals surface area contributed by atoms with Crippen molar-refractivity contribution in [2.75, 3.05) is 60.5 Å². The van der Waals surface area contributed by atoms with Crippen molar-refractivity contribution in [1.29, 1.82) is 0 Å². The molecule has 2 N–H and O–H groups in total. The fourth-order valence-electron chi connectivity index (χ4n) is 0.773. The van der Waals surface area contributed by atoms with E-state index in [1.54, 1.807) is 28.1 Å². The zero-order valence-electron chi connectivity index (χ0n) is 12.0. The van der Waals surface area contributed by atoms with Gasteiger partial charge < -0.3 is 29.2 Å². The average Bonchev–Trinajstić information content (AvgIpc) is 2.29. The first-order chi connectivity index (χ1) is 8.47. The molecule has 0 radical (unpaired) electrons. The maximum atomic E-state index is 9.04. The minimum Gasteiger partial charge on any atom is -0.394 e. The second-order valence-electron chi connectivity index (χ2n) is 4.19. The maximum Gasteiger partial charge on any atom is 0.0824 e. The summed E-state index contributed by atoms with van der Waals surface area (Å²) < 4.78 is 19.4. The van der Waals surface area contributed by atoms with Gasteiger partial charge in [0.05, 0.1) is 51.8 Å². The number of methoxy groups -OCH3 is 2. The van der Waals surface area contributed by atoms with Gasteiger partial charge in [-0.15, -0.1) is 0 Å². The summed E-state index contributed by atoms with van der Waals surface area (Å²) in [5.41, 5.74) is -0.783. The highest BCUT2D eigenvalue weighted by Crippen LogP contribution is 1.99. The minimum absolute atomic E-state index is 0.0100. The monoisotopic (exact) mass is 268 g/mol. The lowest BCUT2D eigenvalue weighted by Crippen LogP contribution is -2.26. The number of aliphatic hydroxyl groups is 2. The summed E-state index contributed by atoms with van der Waals surface area (Å²) in [6.45, 7) is 6.51. The fraction of sp³-hybridized carbons (Fsp3) is 1.00. The predicted octanol–water partition coefficient (Wildman–Crippen LogP) is 0.0620. The van der Waals surface area contributed by atoms with Crippen LogP contribution in [0.25, 0.3) is 0 Å². The second-order valence-corrected chi connectivity index (χ2v) is 4.19. The SMILES string of the molecule is CC(C)(O)COCCO.COCCOCCOC. The summed E-state index contributed by atoms with van der Waals surface area (Å²) in [7, 11) is 3.30. The van der Waals surface area contributed by atoms with Gasteiger partial charge in [0.2, 0.25) is 0 Å². The summed E-state index contributed by atoms with van der Waals surface area (Å²) in [6.07, 6.45) is 0. The van der Waals surface area contributed by atoms with Crippen molar-refractivity contribution >= 4 is 0 Å². The Bertz CT molecular complexity index is 140. The van der Waals surface area contributed by atoms with Crippen LogP contribution in [0.2, 0.25) is 0 Å². The molecule has 0 unspecified atom stereocenters. The van der Waals surface area contributed by atoms with Crippen LogP contribution in [0.5, 0.6) is 0 Å². The number of rotatable bonds is 10. The molecule has 0 amide bonds. The van der Waals surface area contributed by atoms with Crippen molar-refractivity contribution in [3.8, 4) is 0 Å². The molecule has 18 heavy (non-hydrogen) atoms. The van der Waals surface area contributed by atoms with Crippen molar-refractivity contribution in [2.24, 2.45) is 0 Å². The molecule has 6 nitrogen and oxygen atoms in total. The molecule has 0 aromatic carbocycles. The number of hydrogen-bond donors (Lipinski definition) is 2. The predicted molar refractivity (Wildman–Crippen MR) is 68.8 cm³/mol. The largest absolute Gasteiger partial charge is 0.394 e. The van der Waals surface area contributed by atoms with Crippen LogP contribution in [0, 0.1) is 0 Å². The molecule has 0 atom stereocenters. The van der Waals surface area contributed by atoms with Crippen molar-refractivity contribution < 1.29 is 29.2 Å². The van der Waals surface area contributed by atoms with E-state index in [0.717, 1.165) is 0 Å². The quantitative estimate of drug-likeness (QED) is 0.546. The Kier molecular flexibility index (Phi) is 16.5. The molecule has 0 fully saturated rings. The summed E-state index contributed by atoms with van der Waals surface area (Å²) in [5.74, 6) is 0. The van der Waals surface area contributed by atoms with E-state index < -0.39 is 5.60 Å². The second kappa shape index (κ2) is 14.8. The first-order valence-corrected chi connectivity index (χ1v) is 5.94. The Morgan fingerprint density at radius 1 is 0.833 bits per heavy atom. The molecular formula is C12H28O6. The number of hydrogen-bond acceptors (Lipinski definition) is 6. The van der Waals surface area contributed by atoms with Crippen LogP contribution >= 0.6 is 0 Å². The standard InChI is InChI=1S/2C6H14O3/c1-7-3-5-9-6-4-8-2;1-6(2,8)5-9-4-3-7/h3-6H2,1-2H3;7-8H,3-5H2,1-2H3. The van der Waals surface area contributed by atoms with Gasteiger partial charge in [-0.25, -0.2) is 0 Å². The molecule has 0 aliphatic carbocycles. The maximum absolute atomic E-state index is 9.04. The average molecular weight is 268 g/mol. The minimum atomic E-state index is -0.783. The lowest BCUT2D eigenvalue weighted by Gasteiger charge is -2.15. The molecule has 0 aromatic rings. The van der Waals surface area contributed by atoms with E-state index in [1.165, 1.54) is 0 Å². The zero-order valence-corrected chi connectivity index (χ0v) is 12.0. The van der Waals surface area contributed by atoms with Gasteiger partial charge in [-0.2, -0.15) is 0 Å². The van der Waals surface area contributed by atoms with Crippen LogP contribution in [0.3, 0.4) is 0 Å². The zero-order chi connectivity index (χ0) is 14.3. The normalized spacial score (nSPS) is 11.0. The molecule has 0 rings (SSSR count). The highest BCUT2D eigenvalue weighted by Gasteiger charge is 2.11. The van der Waals surface area contributed by atoms with Gasteiger partial charge in [0, 0.05) is 14.2 Å². The highest BCUT2D eigenvalue weighted by atomic mass is 16.5. The molecule has 0 bridgehead atoms. The van der Waals surface area contributed by atoms with Crippen molar-refractivity contribution in [3.05, 3.63) is 0 Å². The Balaban J connectivity index is 0. The first kappa shape index (κ1) is 20.1. The molecule has 0 saturated heterocycles. The van der Waals surface area contributed by atoms with Crippen LogP contribution < -0.4 is 0 Å². The lowest BCUT2D eigenvalue weighted by atomic mass is 10.2. The third kappa shape index (κ3) is 24.8. The molecular weight excluding hydrogens is 240 g/mol. The van der Waals surface area contributed by atoms with E-state index in [1.807, 2.05) is 0 Å². The topological polar surface area (TPSA) is 77.4 Å². The third-order valence-corrected chi connectivity index (χ3v) is 1.55. The van der Waals surface area contributed by atoms with E-state index in [-0.39, 0.29) is 13.2 Å². The van der Waals surface area contributed by atoms with Gasteiger partial charge in [-0.3, -0.25) is 0 Å². The fourth-order valence-corrected chi connectivity index (χ4v) is 0.773. The molecule has 6 heteroatoms. The Hall–Kier alpha value is -0.240. The van der Waals surface area contributed by atoms with E-state index >= 15 is 0 Å². The molecule has 0 aromatic heterocycles. The smallest absolute Gasteiger partial charge is 0.0824 e. The van der Waals surface area contributed by atoms with Crippen LogP contribution in [-0.2, 0) is 18.9 Å². The van der Waals surface area contributed by atoms with Crippen molar-refractivity contribution in [1.82, 2.24) is 0 Å². The number of ether oxygens (including phenoxy) is 4. The van der Waals surface area contributed by atoms with Crippen LogP contribution in [0.15, 0.2) is 0 Å². The van der Waals surface area contributed by atoms with Gasteiger partial charge in [0.15, 0.2) is 0 Å². The van der Waals surface area contributed by atoms with E-state index in [0.29, 0.717) is 33.0 Å². The summed E-state index contributed by atoms with van der Waals surface area (Å²) >= 11 is 0. The van der Waals surface area contributed by atoms with E-state index in [4.69, 9.17) is 29.2 Å². The first-order valence-electron chi connectivity index (χ1n) is 5.94. The molecule has 0 aliphatic rings. The third-order valence-electron chi connectivity index (χ3n) is 1.55. The molecule has 0 aliphatic heterocycles. The van der Waals surface area contributed by atoms with Crippen LogP contribution in [-0.4, -0.2) is 76.3 Å². The highest BCUT2D eigenvalue weighted by molar-refractivity contribution is 4.62. The van der Waals surface area contributed by atoms with Gasteiger partial charge in [0.25, 0.3) is 0 Å². The van der Waals surface area contributed by atoms with Gasteiger partial charge in [0.1, 0.15) is 0 Å². The summed E-state index contributed by atoms with van der Waals surface area (Å²) in [5, 5.41) is 17.3. The van der Waals surface area contributed by atoms with Crippen LogP contribution in [0.1, 0.15) is 13.8 Å². The van der Waals surface area contributed by atoms with Gasteiger partial charge >= 0.3 is 0 Å². The molecule has 0 spiro atoms.